The van der Waals surface area contributed by atoms with E-state index in [-0.39, 0.29) is 23.5 Å². The van der Waals surface area contributed by atoms with E-state index in [0.29, 0.717) is 24.5 Å². The first-order valence-electron chi connectivity index (χ1n) is 10.8. The molecular formula is C24H31FNO3+. The van der Waals surface area contributed by atoms with Gasteiger partial charge in [-0.25, -0.2) is 4.39 Å². The van der Waals surface area contributed by atoms with Crippen LogP contribution in [0.15, 0.2) is 42.5 Å². The smallest absolute Gasteiger partial charge is 0.161 e. The summed E-state index contributed by atoms with van der Waals surface area (Å²) >= 11 is 0. The average Bonchev–Trinajstić information content (AvgIpc) is 2.71. The van der Waals surface area contributed by atoms with Gasteiger partial charge in [-0.1, -0.05) is 31.0 Å². The maximum Gasteiger partial charge on any atom is 0.161 e. The molecule has 1 heterocycles. The number of benzene rings is 2. The summed E-state index contributed by atoms with van der Waals surface area (Å²) < 4.78 is 20.0. The number of aliphatic hydroxyl groups is 1. The summed E-state index contributed by atoms with van der Waals surface area (Å²) in [6, 6.07) is 12.5. The van der Waals surface area contributed by atoms with Crippen molar-refractivity contribution < 1.29 is 24.2 Å². The molecule has 4 nitrogen and oxygen atoms in total. The second kappa shape index (κ2) is 8.33. The van der Waals surface area contributed by atoms with Crippen LogP contribution in [0.25, 0.3) is 0 Å². The summed E-state index contributed by atoms with van der Waals surface area (Å²) in [6.45, 7) is 3.73. The zero-order chi connectivity index (χ0) is 20.4. The SMILES string of the molecule is CCOc1cc([C@@H]2[C@@H]3CCCC[C@@]3(O)CC[NH+]2Cc2ccccc2F)ccc1O. The molecule has 0 aromatic heterocycles. The molecular weight excluding hydrogens is 369 g/mol. The second-order valence-electron chi connectivity index (χ2n) is 8.52. The maximum absolute atomic E-state index is 14.4. The predicted octanol–water partition coefficient (Wildman–Crippen LogP) is 3.38. The van der Waals surface area contributed by atoms with Crippen LogP contribution in [-0.4, -0.2) is 29.0 Å². The number of phenols is 1. The Morgan fingerprint density at radius 2 is 2.00 bits per heavy atom. The lowest BCUT2D eigenvalue weighted by molar-refractivity contribution is -0.958. The maximum atomic E-state index is 14.4. The van der Waals surface area contributed by atoms with Gasteiger partial charge in [0.2, 0.25) is 0 Å². The van der Waals surface area contributed by atoms with Crippen molar-refractivity contribution in [1.29, 1.82) is 0 Å². The molecule has 1 aliphatic heterocycles. The van der Waals surface area contributed by atoms with Crippen LogP contribution in [-0.2, 0) is 6.54 Å². The van der Waals surface area contributed by atoms with E-state index in [1.165, 1.54) is 11.0 Å². The number of aromatic hydroxyl groups is 1. The molecule has 29 heavy (non-hydrogen) atoms. The number of ether oxygens (including phenoxy) is 1. The first-order valence-corrected chi connectivity index (χ1v) is 10.8. The Morgan fingerprint density at radius 3 is 2.79 bits per heavy atom. The third kappa shape index (κ3) is 3.99. The van der Waals surface area contributed by atoms with Crippen LogP contribution < -0.4 is 9.64 Å². The van der Waals surface area contributed by atoms with Crippen LogP contribution in [0.4, 0.5) is 4.39 Å². The van der Waals surface area contributed by atoms with Gasteiger partial charge in [0.15, 0.2) is 11.5 Å². The number of halogens is 1. The van der Waals surface area contributed by atoms with Crippen molar-refractivity contribution in [1.82, 2.24) is 0 Å². The van der Waals surface area contributed by atoms with E-state index >= 15 is 0 Å². The number of likely N-dealkylation sites (tertiary alicyclic amines) is 1. The lowest BCUT2D eigenvalue weighted by atomic mass is 9.66. The highest BCUT2D eigenvalue weighted by Gasteiger charge is 2.51. The molecule has 2 aromatic carbocycles. The molecule has 4 atom stereocenters. The largest absolute Gasteiger partial charge is 0.504 e. The number of fused-ring (bicyclic) bond motifs is 1. The van der Waals surface area contributed by atoms with Crippen LogP contribution in [0, 0.1) is 11.7 Å². The van der Waals surface area contributed by atoms with Gasteiger partial charge in [0, 0.05) is 23.5 Å². The fraction of sp³-hybridized carbons (Fsp3) is 0.500. The van der Waals surface area contributed by atoms with Crippen LogP contribution in [0.5, 0.6) is 11.5 Å². The first-order chi connectivity index (χ1) is 14.0. The molecule has 3 N–H and O–H groups in total. The topological polar surface area (TPSA) is 54.1 Å². The Hall–Kier alpha value is -2.11. The zero-order valence-corrected chi connectivity index (χ0v) is 17.0. The molecule has 1 saturated carbocycles. The Labute approximate surface area is 171 Å². The molecule has 1 saturated heterocycles. The van der Waals surface area contributed by atoms with Gasteiger partial charge >= 0.3 is 0 Å². The molecule has 1 aliphatic carbocycles. The lowest BCUT2D eigenvalue weighted by Crippen LogP contribution is -3.13. The van der Waals surface area contributed by atoms with E-state index in [9.17, 15) is 14.6 Å². The molecule has 1 unspecified atom stereocenters. The van der Waals surface area contributed by atoms with Crippen molar-refractivity contribution in [2.24, 2.45) is 5.92 Å². The van der Waals surface area contributed by atoms with Crippen molar-refractivity contribution in [3.8, 4) is 11.5 Å². The molecule has 0 radical (unpaired) electrons. The van der Waals surface area contributed by atoms with Gasteiger partial charge in [-0.2, -0.15) is 0 Å². The van der Waals surface area contributed by atoms with Gasteiger partial charge in [-0.05, 0) is 44.0 Å². The van der Waals surface area contributed by atoms with E-state index < -0.39 is 5.60 Å². The minimum atomic E-state index is -0.661. The van der Waals surface area contributed by atoms with Crippen molar-refractivity contribution in [2.75, 3.05) is 13.2 Å². The van der Waals surface area contributed by atoms with E-state index in [0.717, 1.165) is 44.2 Å². The van der Waals surface area contributed by atoms with Crippen LogP contribution >= 0.6 is 0 Å². The number of quaternary nitrogens is 1. The van der Waals surface area contributed by atoms with Crippen LogP contribution in [0.2, 0.25) is 0 Å². The second-order valence-corrected chi connectivity index (χ2v) is 8.52. The summed E-state index contributed by atoms with van der Waals surface area (Å²) in [6.07, 6.45) is 4.70. The van der Waals surface area contributed by atoms with Crippen molar-refractivity contribution in [3.63, 3.8) is 0 Å². The number of rotatable bonds is 5. The number of nitrogens with one attached hydrogen (secondary N) is 1. The van der Waals surface area contributed by atoms with Crippen molar-refractivity contribution in [3.05, 3.63) is 59.4 Å². The highest BCUT2D eigenvalue weighted by Crippen LogP contribution is 2.45. The van der Waals surface area contributed by atoms with Gasteiger partial charge in [-0.3, -0.25) is 0 Å². The summed E-state index contributed by atoms with van der Waals surface area (Å²) in [4.78, 5) is 1.26. The summed E-state index contributed by atoms with van der Waals surface area (Å²) in [5.41, 5.74) is 1.09. The molecule has 0 bridgehead atoms. The number of piperidine rings is 1. The number of hydrogen-bond donors (Lipinski definition) is 3. The van der Waals surface area contributed by atoms with E-state index in [4.69, 9.17) is 4.74 Å². The highest BCUT2D eigenvalue weighted by molar-refractivity contribution is 5.43. The molecule has 2 fully saturated rings. The Bertz CT molecular complexity index is 858. The Morgan fingerprint density at radius 1 is 1.17 bits per heavy atom. The summed E-state index contributed by atoms with van der Waals surface area (Å²) in [7, 11) is 0. The molecule has 0 amide bonds. The highest BCUT2D eigenvalue weighted by atomic mass is 19.1. The van der Waals surface area contributed by atoms with E-state index in [1.54, 1.807) is 12.1 Å². The van der Waals surface area contributed by atoms with E-state index in [2.05, 4.69) is 0 Å². The standard InChI is InChI=1S/C24H30FNO3/c1-2-29-22-15-17(10-11-21(22)27)23-19-8-5-6-12-24(19,28)13-14-26(23)16-18-7-3-4-9-20(18)25/h3-4,7,9-11,15,19,23,27-28H,2,5-6,8,12-14,16H2,1H3/p+1/t19-,23+,24+/m0/s1. The first kappa shape index (κ1) is 20.2. The minimum Gasteiger partial charge on any atom is -0.504 e. The minimum absolute atomic E-state index is 0.0356. The Kier molecular flexibility index (Phi) is 5.79. The molecule has 4 rings (SSSR count). The molecule has 156 valence electrons. The van der Waals surface area contributed by atoms with Gasteiger partial charge < -0.3 is 19.8 Å². The van der Waals surface area contributed by atoms with Gasteiger partial charge in [0.1, 0.15) is 18.4 Å². The van der Waals surface area contributed by atoms with Gasteiger partial charge in [0.05, 0.1) is 18.8 Å². The number of phenolic OH excluding ortho intramolecular Hbond substituents is 1. The van der Waals surface area contributed by atoms with E-state index in [1.807, 2.05) is 31.2 Å². The van der Waals surface area contributed by atoms with Crippen LogP contribution in [0.3, 0.4) is 0 Å². The quantitative estimate of drug-likeness (QED) is 0.721. The molecule has 2 aliphatic rings. The summed E-state index contributed by atoms with van der Waals surface area (Å²) in [5.74, 6) is 0.538. The zero-order valence-electron chi connectivity index (χ0n) is 17.0. The predicted molar refractivity (Wildman–Crippen MR) is 109 cm³/mol. The van der Waals surface area contributed by atoms with Gasteiger partial charge in [0.25, 0.3) is 0 Å². The van der Waals surface area contributed by atoms with Crippen molar-refractivity contribution >= 4 is 0 Å². The average molecular weight is 401 g/mol. The normalized spacial score (nSPS) is 29.3. The Balaban J connectivity index is 1.72. The molecule has 5 heteroatoms. The third-order valence-corrected chi connectivity index (χ3v) is 6.80. The van der Waals surface area contributed by atoms with Crippen molar-refractivity contribution in [2.45, 2.75) is 57.2 Å². The van der Waals surface area contributed by atoms with Gasteiger partial charge in [-0.15, -0.1) is 0 Å². The monoisotopic (exact) mass is 400 g/mol. The fourth-order valence-corrected chi connectivity index (χ4v) is 5.40. The fourth-order valence-electron chi connectivity index (χ4n) is 5.40. The molecule has 2 aromatic rings. The van der Waals surface area contributed by atoms with Crippen LogP contribution in [0.1, 0.15) is 56.2 Å². The summed E-state index contributed by atoms with van der Waals surface area (Å²) in [5, 5.41) is 21.6. The lowest BCUT2D eigenvalue weighted by Gasteiger charge is -2.50. The third-order valence-electron chi connectivity index (χ3n) is 6.80. The molecule has 0 spiro atoms. The number of hydrogen-bond acceptors (Lipinski definition) is 3.